The first-order chi connectivity index (χ1) is 15.5. The second-order valence-electron chi connectivity index (χ2n) is 8.97. The monoisotopic (exact) mass is 460 g/mol. The molecule has 0 aliphatic carbocycles. The number of ether oxygens (including phenoxy) is 3. The largest absolute Gasteiger partial charge is 0.427 e. The van der Waals surface area contributed by atoms with Gasteiger partial charge in [-0.05, 0) is 57.4 Å². The molecular formula is C23H28N2O8. The minimum Gasteiger partial charge on any atom is -0.427 e. The molecule has 0 spiro atoms. The number of carbonyl (C=O) groups is 4. The molecule has 3 rings (SSSR count). The van der Waals surface area contributed by atoms with Crippen LogP contribution in [0.15, 0.2) is 30.0 Å². The van der Waals surface area contributed by atoms with Gasteiger partial charge in [-0.1, -0.05) is 12.1 Å². The Kier molecular flexibility index (Phi) is 6.78. The van der Waals surface area contributed by atoms with E-state index in [0.29, 0.717) is 17.6 Å². The fraction of sp³-hybridized carbons (Fsp3) is 0.478. The van der Waals surface area contributed by atoms with Gasteiger partial charge in [-0.15, -0.1) is 0 Å². The molecule has 2 N–H and O–H groups in total. The fourth-order valence-electron chi connectivity index (χ4n) is 3.84. The molecule has 33 heavy (non-hydrogen) atoms. The summed E-state index contributed by atoms with van der Waals surface area (Å²) in [7, 11) is 1.43. The Morgan fingerprint density at radius 2 is 1.94 bits per heavy atom. The van der Waals surface area contributed by atoms with Gasteiger partial charge >= 0.3 is 18.0 Å². The summed E-state index contributed by atoms with van der Waals surface area (Å²) in [5.74, 6) is -2.15. The van der Waals surface area contributed by atoms with Crippen LogP contribution in [0.3, 0.4) is 0 Å². The minimum atomic E-state index is -0.883. The molecule has 10 heteroatoms. The van der Waals surface area contributed by atoms with Crippen LogP contribution < -0.4 is 10.1 Å². The average molecular weight is 460 g/mol. The highest BCUT2D eigenvalue weighted by Crippen LogP contribution is 2.47. The van der Waals surface area contributed by atoms with Gasteiger partial charge in [0.05, 0.1) is 23.5 Å². The van der Waals surface area contributed by atoms with Crippen molar-refractivity contribution in [3.8, 4) is 5.75 Å². The third-order valence-corrected chi connectivity index (χ3v) is 5.51. The zero-order valence-corrected chi connectivity index (χ0v) is 19.2. The number of nitrogens with one attached hydrogen (secondary N) is 1. The normalized spacial score (nSPS) is 20.5. The molecule has 1 fully saturated rings. The van der Waals surface area contributed by atoms with E-state index in [2.05, 4.69) is 5.32 Å². The highest BCUT2D eigenvalue weighted by Gasteiger charge is 2.57. The summed E-state index contributed by atoms with van der Waals surface area (Å²) in [6, 6.07) is 6.11. The van der Waals surface area contributed by atoms with E-state index in [0.717, 1.165) is 0 Å². The van der Waals surface area contributed by atoms with Gasteiger partial charge in [-0.2, -0.15) is 0 Å². The molecule has 2 aliphatic heterocycles. The number of aliphatic hydroxyl groups excluding tert-OH is 1. The van der Waals surface area contributed by atoms with Crippen LogP contribution in [0.25, 0.3) is 5.57 Å². The molecule has 1 saturated heterocycles. The summed E-state index contributed by atoms with van der Waals surface area (Å²) in [5.41, 5.74) is 0.316. The minimum absolute atomic E-state index is 0.0193. The van der Waals surface area contributed by atoms with Gasteiger partial charge in [0.25, 0.3) is 0 Å². The zero-order chi connectivity index (χ0) is 24.5. The lowest BCUT2D eigenvalue weighted by Crippen LogP contribution is -2.61. The molecule has 0 aromatic heterocycles. The van der Waals surface area contributed by atoms with E-state index in [1.165, 1.54) is 18.9 Å². The van der Waals surface area contributed by atoms with E-state index >= 15 is 0 Å². The van der Waals surface area contributed by atoms with Crippen LogP contribution >= 0.6 is 0 Å². The number of β-lactam (4-membered cyclic amide) rings is 1. The zero-order valence-electron chi connectivity index (χ0n) is 19.2. The Balaban J connectivity index is 1.88. The van der Waals surface area contributed by atoms with Crippen LogP contribution in [-0.2, 0) is 23.9 Å². The molecule has 10 nitrogen and oxygen atoms in total. The van der Waals surface area contributed by atoms with Crippen molar-refractivity contribution in [3.05, 3.63) is 35.5 Å². The molecule has 2 heterocycles. The lowest BCUT2D eigenvalue weighted by atomic mass is 9.82. The standard InChI is InChI=1S/C23H28N2O8/c1-12(26)17-16-10-15(13-7-6-8-14(9-13)33-22(30)24-5)18(25(16)19(17)27)20(28)31-11-32-21(29)23(2,3)4/h6-9,12,16-17,26H,10-11H2,1-5H3,(H,24,30)/t12-,16-,17-/m1/s1. The molecule has 0 saturated carbocycles. The quantitative estimate of drug-likeness (QED) is 0.373. The van der Waals surface area contributed by atoms with E-state index in [1.54, 1.807) is 45.0 Å². The second-order valence-corrected chi connectivity index (χ2v) is 8.97. The first-order valence-corrected chi connectivity index (χ1v) is 10.5. The molecule has 1 aromatic rings. The maximum atomic E-state index is 13.0. The van der Waals surface area contributed by atoms with Crippen LogP contribution in [0.5, 0.6) is 5.75 Å². The van der Waals surface area contributed by atoms with E-state index in [1.807, 2.05) is 0 Å². The Bertz CT molecular complexity index is 1010. The van der Waals surface area contributed by atoms with Gasteiger partial charge in [0.2, 0.25) is 12.7 Å². The molecular weight excluding hydrogens is 432 g/mol. The van der Waals surface area contributed by atoms with Crippen molar-refractivity contribution in [1.82, 2.24) is 10.2 Å². The Hall–Kier alpha value is -3.40. The van der Waals surface area contributed by atoms with Crippen molar-refractivity contribution in [3.63, 3.8) is 0 Å². The lowest BCUT2D eigenvalue weighted by Gasteiger charge is -2.44. The van der Waals surface area contributed by atoms with Crippen LogP contribution in [0.2, 0.25) is 0 Å². The summed E-state index contributed by atoms with van der Waals surface area (Å²) in [4.78, 5) is 50.5. The summed E-state index contributed by atoms with van der Waals surface area (Å²) in [5, 5.41) is 12.4. The third kappa shape index (κ3) is 4.85. The van der Waals surface area contributed by atoms with Crippen LogP contribution in [0, 0.1) is 11.3 Å². The van der Waals surface area contributed by atoms with Crippen molar-refractivity contribution >= 4 is 29.5 Å². The number of hydrogen-bond donors (Lipinski definition) is 2. The number of fused-ring (bicyclic) bond motifs is 1. The van der Waals surface area contributed by atoms with Gasteiger partial charge in [-0.3, -0.25) is 9.59 Å². The van der Waals surface area contributed by atoms with Crippen molar-refractivity contribution < 1.29 is 38.5 Å². The second kappa shape index (κ2) is 9.22. The number of esters is 2. The molecule has 178 valence electrons. The number of nitrogens with zero attached hydrogens (tertiary/aromatic N) is 1. The van der Waals surface area contributed by atoms with Crippen molar-refractivity contribution in [2.45, 2.75) is 46.3 Å². The number of carbonyl (C=O) groups excluding carboxylic acids is 4. The van der Waals surface area contributed by atoms with Gasteiger partial charge < -0.3 is 29.5 Å². The molecule has 2 amide bonds. The number of hydrogen-bond acceptors (Lipinski definition) is 8. The lowest BCUT2D eigenvalue weighted by molar-refractivity contribution is -0.175. The van der Waals surface area contributed by atoms with Crippen molar-refractivity contribution in [2.24, 2.45) is 11.3 Å². The number of amides is 2. The molecule has 2 aliphatic rings. The van der Waals surface area contributed by atoms with Crippen LogP contribution in [-0.4, -0.2) is 59.9 Å². The Labute approximate surface area is 191 Å². The summed E-state index contributed by atoms with van der Waals surface area (Å²) < 4.78 is 15.3. The Morgan fingerprint density at radius 3 is 2.55 bits per heavy atom. The SMILES string of the molecule is CNC(=O)Oc1cccc(C2=C(C(=O)OCOC(=O)C(C)(C)C)N3C(=O)[C@H]([C@@H](C)O)[C@H]3C2)c1. The average Bonchev–Trinajstić information content (AvgIpc) is 3.07. The van der Waals surface area contributed by atoms with Crippen LogP contribution in [0.1, 0.15) is 39.7 Å². The van der Waals surface area contributed by atoms with Crippen molar-refractivity contribution in [2.75, 3.05) is 13.8 Å². The predicted octanol–water partition coefficient (Wildman–Crippen LogP) is 1.82. The molecule has 3 atom stereocenters. The van der Waals surface area contributed by atoms with Crippen molar-refractivity contribution in [1.29, 1.82) is 0 Å². The summed E-state index contributed by atoms with van der Waals surface area (Å²) >= 11 is 0. The molecule has 0 unspecified atom stereocenters. The van der Waals surface area contributed by atoms with Gasteiger partial charge in [0, 0.05) is 7.05 Å². The molecule has 0 radical (unpaired) electrons. The molecule has 1 aromatic carbocycles. The first-order valence-electron chi connectivity index (χ1n) is 10.5. The smallest absolute Gasteiger partial charge is 0.412 e. The van der Waals surface area contributed by atoms with Gasteiger partial charge in [0.1, 0.15) is 11.4 Å². The summed E-state index contributed by atoms with van der Waals surface area (Å²) in [6.45, 7) is 5.93. The maximum absolute atomic E-state index is 13.0. The van der Waals surface area contributed by atoms with Gasteiger partial charge in [-0.25, -0.2) is 9.59 Å². The topological polar surface area (TPSA) is 131 Å². The third-order valence-electron chi connectivity index (χ3n) is 5.51. The highest BCUT2D eigenvalue weighted by molar-refractivity contribution is 6.06. The molecule has 0 bridgehead atoms. The number of rotatable bonds is 6. The highest BCUT2D eigenvalue weighted by atomic mass is 16.7. The van der Waals surface area contributed by atoms with E-state index in [4.69, 9.17) is 14.2 Å². The predicted molar refractivity (Wildman–Crippen MR) is 115 cm³/mol. The maximum Gasteiger partial charge on any atom is 0.412 e. The van der Waals surface area contributed by atoms with E-state index in [-0.39, 0.29) is 17.4 Å². The van der Waals surface area contributed by atoms with E-state index < -0.39 is 48.3 Å². The van der Waals surface area contributed by atoms with E-state index in [9.17, 15) is 24.3 Å². The summed E-state index contributed by atoms with van der Waals surface area (Å²) in [6.07, 6.45) is -1.23. The van der Waals surface area contributed by atoms with Gasteiger partial charge in [0.15, 0.2) is 0 Å². The fourth-order valence-corrected chi connectivity index (χ4v) is 3.84. The number of benzene rings is 1. The Morgan fingerprint density at radius 1 is 1.24 bits per heavy atom. The van der Waals surface area contributed by atoms with Crippen LogP contribution in [0.4, 0.5) is 4.79 Å². The first kappa shape index (κ1) is 24.2. The number of aliphatic hydroxyl groups is 1.